The van der Waals surface area contributed by atoms with Crippen LogP contribution in [0.15, 0.2) is 41.4 Å². The first kappa shape index (κ1) is 9.77. The molecule has 0 N–H and O–H groups in total. The van der Waals surface area contributed by atoms with E-state index in [2.05, 4.69) is 27.5 Å². The molecule has 4 heteroatoms. The Morgan fingerprint density at radius 3 is 2.73 bits per heavy atom. The topological polar surface area (TPSA) is 30.2 Å². The minimum Gasteiger partial charge on any atom is -0.214 e. The fourth-order valence-corrected chi connectivity index (χ4v) is 1.46. The highest BCUT2D eigenvalue weighted by molar-refractivity contribution is 7.78. The van der Waals surface area contributed by atoms with Crippen LogP contribution in [0.4, 0.5) is 5.82 Å². The van der Waals surface area contributed by atoms with Crippen LogP contribution >= 0.6 is 12.2 Å². The Balaban J connectivity index is 2.57. The predicted molar refractivity (Wildman–Crippen MR) is 63.0 cm³/mol. The third-order valence-electron chi connectivity index (χ3n) is 1.97. The molecule has 0 fully saturated rings. The van der Waals surface area contributed by atoms with Gasteiger partial charge in [-0.3, -0.25) is 0 Å². The Kier molecular flexibility index (Phi) is 2.72. The molecule has 3 nitrogen and oxygen atoms in total. The standard InChI is InChI=1S/C11H9N3S/c1-9-7-11(12-8-15)14(13-9)10-5-3-2-4-6-10/h2-7H,1H3. The van der Waals surface area contributed by atoms with Gasteiger partial charge in [0.2, 0.25) is 0 Å². The van der Waals surface area contributed by atoms with Crippen molar-refractivity contribution >= 4 is 23.2 Å². The van der Waals surface area contributed by atoms with Gasteiger partial charge in [0, 0.05) is 6.07 Å². The highest BCUT2D eigenvalue weighted by Crippen LogP contribution is 2.18. The highest BCUT2D eigenvalue weighted by Gasteiger charge is 2.04. The van der Waals surface area contributed by atoms with E-state index < -0.39 is 0 Å². The van der Waals surface area contributed by atoms with E-state index in [0.29, 0.717) is 5.82 Å². The molecule has 0 unspecified atom stereocenters. The molecule has 2 rings (SSSR count). The van der Waals surface area contributed by atoms with Gasteiger partial charge in [0.15, 0.2) is 5.82 Å². The second-order valence-corrected chi connectivity index (χ2v) is 3.28. The van der Waals surface area contributed by atoms with Crippen LogP contribution in [0, 0.1) is 6.92 Å². The van der Waals surface area contributed by atoms with Gasteiger partial charge in [-0.1, -0.05) is 18.2 Å². The number of aryl methyl sites for hydroxylation is 1. The first-order valence-corrected chi connectivity index (χ1v) is 4.92. The van der Waals surface area contributed by atoms with E-state index >= 15 is 0 Å². The van der Waals surface area contributed by atoms with E-state index in [1.165, 1.54) is 0 Å². The number of hydrogen-bond acceptors (Lipinski definition) is 3. The molecule has 1 heterocycles. The number of rotatable bonds is 2. The molecule has 0 aliphatic carbocycles. The Labute approximate surface area is 93.1 Å². The van der Waals surface area contributed by atoms with Gasteiger partial charge in [-0.25, -0.2) is 4.68 Å². The first-order valence-electron chi connectivity index (χ1n) is 4.51. The molecule has 0 bridgehead atoms. The summed E-state index contributed by atoms with van der Waals surface area (Å²) in [4.78, 5) is 3.97. The Bertz CT molecular complexity index is 510. The summed E-state index contributed by atoms with van der Waals surface area (Å²) in [5, 5.41) is 6.69. The van der Waals surface area contributed by atoms with Crippen LogP contribution in [0.1, 0.15) is 5.69 Å². The molecule has 1 aromatic heterocycles. The summed E-state index contributed by atoms with van der Waals surface area (Å²) >= 11 is 4.60. The summed E-state index contributed by atoms with van der Waals surface area (Å²) < 4.78 is 1.74. The van der Waals surface area contributed by atoms with Crippen molar-refractivity contribution < 1.29 is 0 Å². The number of aliphatic imine (C=N–C) groups is 1. The maximum Gasteiger partial charge on any atom is 0.166 e. The number of nitrogens with zero attached hydrogens (tertiary/aromatic N) is 3. The Morgan fingerprint density at radius 1 is 1.33 bits per heavy atom. The molecule has 0 spiro atoms. The van der Waals surface area contributed by atoms with E-state index in [1.54, 1.807) is 4.68 Å². The van der Waals surface area contributed by atoms with Crippen molar-refractivity contribution in [1.82, 2.24) is 9.78 Å². The average molecular weight is 215 g/mol. The molecule has 74 valence electrons. The van der Waals surface area contributed by atoms with Crippen molar-refractivity contribution in [3.63, 3.8) is 0 Å². The minimum atomic E-state index is 0.703. The number of hydrogen-bond donors (Lipinski definition) is 0. The smallest absolute Gasteiger partial charge is 0.166 e. The van der Waals surface area contributed by atoms with E-state index in [4.69, 9.17) is 0 Å². The number of isothiocyanates is 1. The van der Waals surface area contributed by atoms with Crippen LogP contribution in [0.2, 0.25) is 0 Å². The predicted octanol–water partition coefficient (Wildman–Crippen LogP) is 2.92. The summed E-state index contributed by atoms with van der Waals surface area (Å²) in [7, 11) is 0. The minimum absolute atomic E-state index is 0.703. The van der Waals surface area contributed by atoms with Crippen LogP contribution in [0.5, 0.6) is 0 Å². The van der Waals surface area contributed by atoms with Gasteiger partial charge in [0.05, 0.1) is 16.5 Å². The Morgan fingerprint density at radius 2 is 2.07 bits per heavy atom. The summed E-state index contributed by atoms with van der Waals surface area (Å²) in [5.74, 6) is 0.703. The van der Waals surface area contributed by atoms with Gasteiger partial charge in [0.25, 0.3) is 0 Å². The lowest BCUT2D eigenvalue weighted by Gasteiger charge is -2.01. The third-order valence-corrected chi connectivity index (χ3v) is 2.06. The lowest BCUT2D eigenvalue weighted by Crippen LogP contribution is -1.95. The van der Waals surface area contributed by atoms with Crippen molar-refractivity contribution in [3.8, 4) is 5.69 Å². The van der Waals surface area contributed by atoms with E-state index in [0.717, 1.165) is 11.4 Å². The zero-order valence-corrected chi connectivity index (χ0v) is 9.03. The van der Waals surface area contributed by atoms with Crippen LogP contribution in [-0.4, -0.2) is 14.9 Å². The fraction of sp³-hybridized carbons (Fsp3) is 0.0909. The zero-order valence-electron chi connectivity index (χ0n) is 8.21. The van der Waals surface area contributed by atoms with Gasteiger partial charge in [-0.2, -0.15) is 10.1 Å². The van der Waals surface area contributed by atoms with Gasteiger partial charge >= 0.3 is 0 Å². The van der Waals surface area contributed by atoms with Gasteiger partial charge in [-0.15, -0.1) is 0 Å². The number of benzene rings is 1. The number of para-hydroxylation sites is 1. The molecule has 1 aromatic carbocycles. The van der Waals surface area contributed by atoms with Crippen LogP contribution in [0.25, 0.3) is 5.69 Å². The van der Waals surface area contributed by atoms with Crippen LogP contribution in [-0.2, 0) is 0 Å². The number of thiocarbonyl (C=S) groups is 1. The molecule has 2 aromatic rings. The lowest BCUT2D eigenvalue weighted by atomic mass is 10.3. The van der Waals surface area contributed by atoms with Crippen molar-refractivity contribution in [3.05, 3.63) is 42.1 Å². The van der Waals surface area contributed by atoms with Crippen molar-refractivity contribution in [1.29, 1.82) is 0 Å². The molecule has 0 amide bonds. The molecule has 0 saturated carbocycles. The summed E-state index contributed by atoms with van der Waals surface area (Å²) in [6.45, 7) is 1.92. The molecule has 0 aliphatic heterocycles. The van der Waals surface area contributed by atoms with E-state index in [9.17, 15) is 0 Å². The van der Waals surface area contributed by atoms with Gasteiger partial charge in [0.1, 0.15) is 0 Å². The molecular weight excluding hydrogens is 206 g/mol. The SMILES string of the molecule is Cc1cc(N=C=S)n(-c2ccccc2)n1. The molecular formula is C11H9N3S. The quantitative estimate of drug-likeness (QED) is 0.569. The highest BCUT2D eigenvalue weighted by atomic mass is 32.1. The monoisotopic (exact) mass is 215 g/mol. The number of aromatic nitrogens is 2. The molecule has 0 atom stereocenters. The normalized spacial score (nSPS) is 9.67. The lowest BCUT2D eigenvalue weighted by molar-refractivity contribution is 0.864. The van der Waals surface area contributed by atoms with E-state index in [-0.39, 0.29) is 0 Å². The third kappa shape index (κ3) is 2.01. The van der Waals surface area contributed by atoms with Crippen molar-refractivity contribution in [2.75, 3.05) is 0 Å². The summed E-state index contributed by atoms with van der Waals surface area (Å²) in [5.41, 5.74) is 1.87. The second-order valence-electron chi connectivity index (χ2n) is 3.09. The Hall–Kier alpha value is -1.77. The molecule has 15 heavy (non-hydrogen) atoms. The molecule has 0 saturated heterocycles. The molecule has 0 aliphatic rings. The second kappa shape index (κ2) is 4.17. The van der Waals surface area contributed by atoms with E-state index in [1.807, 2.05) is 43.3 Å². The van der Waals surface area contributed by atoms with Crippen LogP contribution < -0.4 is 0 Å². The van der Waals surface area contributed by atoms with Gasteiger partial charge in [-0.05, 0) is 31.3 Å². The first-order chi connectivity index (χ1) is 7.31. The maximum absolute atomic E-state index is 4.60. The zero-order chi connectivity index (χ0) is 10.7. The van der Waals surface area contributed by atoms with Gasteiger partial charge < -0.3 is 0 Å². The van der Waals surface area contributed by atoms with Crippen LogP contribution in [0.3, 0.4) is 0 Å². The average Bonchev–Trinajstić information content (AvgIpc) is 2.62. The molecule has 0 radical (unpaired) electrons. The summed E-state index contributed by atoms with van der Waals surface area (Å²) in [6.07, 6.45) is 0. The van der Waals surface area contributed by atoms with Crippen molar-refractivity contribution in [2.45, 2.75) is 6.92 Å². The maximum atomic E-state index is 4.60. The van der Waals surface area contributed by atoms with Crippen molar-refractivity contribution in [2.24, 2.45) is 4.99 Å². The largest absolute Gasteiger partial charge is 0.214 e. The fourth-order valence-electron chi connectivity index (χ4n) is 1.37. The summed E-state index contributed by atoms with van der Waals surface area (Å²) in [6, 6.07) is 11.7.